The van der Waals surface area contributed by atoms with Crippen LogP contribution in [0.5, 0.6) is 0 Å². The molecule has 0 saturated carbocycles. The van der Waals surface area contributed by atoms with Gasteiger partial charge in [-0.25, -0.2) is 0 Å². The third-order valence-electron chi connectivity index (χ3n) is 12.1. The standard InChI is InChI=1S/C62H106O6/c1-4-7-10-13-16-18-20-22-23-24-25-26-27-28-29-30-31-32-33-34-35-36-37-38-39-41-42-44-46-49-52-55-61(64)67-58-59(57-66-60(63)54-51-48-15-12-9-6-3)68-62(65)56-53-50-47-45-43-40-21-19-17-14-11-8-5-2/h7,10,16,18-19,21-23,25-26,28-29,31-32,59H,4-6,8-9,11-15,17,20,24,27,30,33-58H2,1-3H3/b10-7-,18-16-,21-19-,23-22-,26-25-,29-28-,32-31-. The van der Waals surface area contributed by atoms with Crippen molar-refractivity contribution in [2.75, 3.05) is 13.2 Å². The van der Waals surface area contributed by atoms with Crippen molar-refractivity contribution in [1.82, 2.24) is 0 Å². The Bertz CT molecular complexity index is 1320. The smallest absolute Gasteiger partial charge is 0.306 e. The van der Waals surface area contributed by atoms with E-state index in [1.165, 1.54) is 122 Å². The second-order valence-corrected chi connectivity index (χ2v) is 18.8. The van der Waals surface area contributed by atoms with Crippen LogP contribution in [0.15, 0.2) is 85.1 Å². The summed E-state index contributed by atoms with van der Waals surface area (Å²) in [7, 11) is 0. The van der Waals surface area contributed by atoms with E-state index in [4.69, 9.17) is 14.2 Å². The first-order chi connectivity index (χ1) is 33.5. The summed E-state index contributed by atoms with van der Waals surface area (Å²) in [5, 5.41) is 0. The number of hydrogen-bond acceptors (Lipinski definition) is 6. The molecule has 0 aromatic rings. The minimum atomic E-state index is -0.776. The Labute approximate surface area is 420 Å². The minimum absolute atomic E-state index is 0.0785. The zero-order chi connectivity index (χ0) is 49.3. The molecule has 0 aliphatic rings. The van der Waals surface area contributed by atoms with Crippen LogP contribution in [0.3, 0.4) is 0 Å². The van der Waals surface area contributed by atoms with Gasteiger partial charge >= 0.3 is 17.9 Å². The van der Waals surface area contributed by atoms with E-state index in [0.717, 1.165) is 109 Å². The van der Waals surface area contributed by atoms with Crippen molar-refractivity contribution < 1.29 is 28.6 Å². The van der Waals surface area contributed by atoms with Crippen molar-refractivity contribution in [3.63, 3.8) is 0 Å². The highest BCUT2D eigenvalue weighted by atomic mass is 16.6. The maximum absolute atomic E-state index is 12.7. The summed E-state index contributed by atoms with van der Waals surface area (Å²) < 4.78 is 16.7. The Hall–Kier alpha value is -3.41. The largest absolute Gasteiger partial charge is 0.462 e. The Morgan fingerprint density at radius 2 is 0.574 bits per heavy atom. The van der Waals surface area contributed by atoms with Crippen molar-refractivity contribution in [1.29, 1.82) is 0 Å². The summed E-state index contributed by atoms with van der Waals surface area (Å²) in [6.45, 7) is 6.45. The number of carbonyl (C=O) groups is 3. The van der Waals surface area contributed by atoms with Gasteiger partial charge in [0.2, 0.25) is 0 Å². The lowest BCUT2D eigenvalue weighted by Gasteiger charge is -2.18. The highest BCUT2D eigenvalue weighted by Gasteiger charge is 2.19. The molecule has 6 nitrogen and oxygen atoms in total. The highest BCUT2D eigenvalue weighted by Crippen LogP contribution is 2.15. The molecule has 1 atom stereocenters. The third-order valence-corrected chi connectivity index (χ3v) is 12.1. The van der Waals surface area contributed by atoms with E-state index in [-0.39, 0.29) is 31.1 Å². The Morgan fingerprint density at radius 1 is 0.309 bits per heavy atom. The molecule has 0 fully saturated rings. The lowest BCUT2D eigenvalue weighted by Crippen LogP contribution is -2.30. The van der Waals surface area contributed by atoms with Gasteiger partial charge in [-0.15, -0.1) is 0 Å². The predicted molar refractivity (Wildman–Crippen MR) is 293 cm³/mol. The normalized spacial score (nSPS) is 12.7. The minimum Gasteiger partial charge on any atom is -0.462 e. The molecule has 0 bridgehead atoms. The molecule has 0 N–H and O–H groups in total. The van der Waals surface area contributed by atoms with Gasteiger partial charge in [-0.05, 0) is 96.3 Å². The van der Waals surface area contributed by atoms with Crippen molar-refractivity contribution >= 4 is 17.9 Å². The van der Waals surface area contributed by atoms with Gasteiger partial charge in [0.05, 0.1) is 0 Å². The van der Waals surface area contributed by atoms with Gasteiger partial charge in [-0.1, -0.05) is 241 Å². The first-order valence-corrected chi connectivity index (χ1v) is 28.6. The SMILES string of the molecule is CC/C=C\C/C=C\C/C=C\C/C=C\C/C=C\C/C=C\CCCCCCCCCCCCCCC(=O)OCC(COC(=O)CCCCCCCC)OC(=O)CCCCCCC/C=C\CCCCCC. The number of carbonyl (C=O) groups excluding carboxylic acids is 3. The van der Waals surface area contributed by atoms with E-state index >= 15 is 0 Å². The summed E-state index contributed by atoms with van der Waals surface area (Å²) in [6, 6.07) is 0. The fourth-order valence-electron chi connectivity index (χ4n) is 7.85. The number of allylic oxidation sites excluding steroid dienone is 14. The van der Waals surface area contributed by atoms with Crippen molar-refractivity contribution in [2.45, 2.75) is 277 Å². The number of hydrogen-bond donors (Lipinski definition) is 0. The summed E-state index contributed by atoms with van der Waals surface area (Å²) in [5.74, 6) is -0.896. The highest BCUT2D eigenvalue weighted by molar-refractivity contribution is 5.71. The maximum Gasteiger partial charge on any atom is 0.306 e. The number of esters is 3. The summed E-state index contributed by atoms with van der Waals surface area (Å²) in [4.78, 5) is 37.8. The van der Waals surface area contributed by atoms with Crippen LogP contribution in [0.25, 0.3) is 0 Å². The Kier molecular flexibility index (Phi) is 53.4. The van der Waals surface area contributed by atoms with Gasteiger partial charge in [0.1, 0.15) is 13.2 Å². The van der Waals surface area contributed by atoms with Gasteiger partial charge in [-0.3, -0.25) is 14.4 Å². The average Bonchev–Trinajstić information content (AvgIpc) is 3.34. The van der Waals surface area contributed by atoms with E-state index in [1.54, 1.807) is 0 Å². The van der Waals surface area contributed by atoms with E-state index in [9.17, 15) is 14.4 Å². The number of rotatable bonds is 51. The summed E-state index contributed by atoms with van der Waals surface area (Å²) in [5.41, 5.74) is 0. The van der Waals surface area contributed by atoms with Gasteiger partial charge < -0.3 is 14.2 Å². The molecule has 0 aromatic carbocycles. The maximum atomic E-state index is 12.7. The Balaban J connectivity index is 4.04. The van der Waals surface area contributed by atoms with Crippen LogP contribution >= 0.6 is 0 Å². The molecular formula is C62H106O6. The van der Waals surface area contributed by atoms with Crippen LogP contribution in [0.4, 0.5) is 0 Å². The molecule has 1 unspecified atom stereocenters. The second-order valence-electron chi connectivity index (χ2n) is 18.8. The molecule has 0 radical (unpaired) electrons. The Morgan fingerprint density at radius 3 is 0.926 bits per heavy atom. The van der Waals surface area contributed by atoms with Gasteiger partial charge in [-0.2, -0.15) is 0 Å². The molecular weight excluding hydrogens is 841 g/mol. The zero-order valence-electron chi connectivity index (χ0n) is 44.6. The average molecular weight is 948 g/mol. The first kappa shape index (κ1) is 64.6. The summed E-state index contributed by atoms with van der Waals surface area (Å²) >= 11 is 0. The van der Waals surface area contributed by atoms with Crippen LogP contribution in [0, 0.1) is 0 Å². The van der Waals surface area contributed by atoms with Gasteiger partial charge in [0, 0.05) is 19.3 Å². The lowest BCUT2D eigenvalue weighted by molar-refractivity contribution is -0.167. The van der Waals surface area contributed by atoms with E-state index < -0.39 is 6.10 Å². The van der Waals surface area contributed by atoms with Crippen LogP contribution in [-0.4, -0.2) is 37.2 Å². The van der Waals surface area contributed by atoms with Crippen molar-refractivity contribution in [3.05, 3.63) is 85.1 Å². The predicted octanol–water partition coefficient (Wildman–Crippen LogP) is 19.2. The summed E-state index contributed by atoms with van der Waals surface area (Å²) in [6.07, 6.45) is 73.3. The molecule has 0 rings (SSSR count). The van der Waals surface area contributed by atoms with E-state index in [2.05, 4.69) is 106 Å². The van der Waals surface area contributed by atoms with Crippen LogP contribution in [0.1, 0.15) is 271 Å². The number of unbranched alkanes of at least 4 members (excludes halogenated alkanes) is 26. The number of ether oxygens (including phenoxy) is 3. The van der Waals surface area contributed by atoms with E-state index in [1.807, 2.05) is 0 Å². The quantitative estimate of drug-likeness (QED) is 0.0262. The van der Waals surface area contributed by atoms with Crippen molar-refractivity contribution in [3.8, 4) is 0 Å². The topological polar surface area (TPSA) is 78.9 Å². The fourth-order valence-corrected chi connectivity index (χ4v) is 7.85. The molecule has 0 aromatic heterocycles. The van der Waals surface area contributed by atoms with Crippen LogP contribution in [-0.2, 0) is 28.6 Å². The molecule has 0 aliphatic carbocycles. The second kappa shape index (κ2) is 56.2. The third kappa shape index (κ3) is 53.5. The zero-order valence-corrected chi connectivity index (χ0v) is 44.6. The van der Waals surface area contributed by atoms with Gasteiger partial charge in [0.15, 0.2) is 6.10 Å². The van der Waals surface area contributed by atoms with Crippen LogP contribution < -0.4 is 0 Å². The molecule has 0 saturated heterocycles. The molecule has 0 aliphatic heterocycles. The van der Waals surface area contributed by atoms with Crippen LogP contribution in [0.2, 0.25) is 0 Å². The van der Waals surface area contributed by atoms with Gasteiger partial charge in [0.25, 0.3) is 0 Å². The molecule has 0 amide bonds. The molecule has 68 heavy (non-hydrogen) atoms. The monoisotopic (exact) mass is 947 g/mol. The molecule has 0 heterocycles. The molecule has 6 heteroatoms. The molecule has 390 valence electrons. The lowest BCUT2D eigenvalue weighted by atomic mass is 10.0. The first-order valence-electron chi connectivity index (χ1n) is 28.6. The van der Waals surface area contributed by atoms with E-state index in [0.29, 0.717) is 19.3 Å². The fraction of sp³-hybridized carbons (Fsp3) is 0.726. The molecule has 0 spiro atoms. The van der Waals surface area contributed by atoms with Crippen molar-refractivity contribution in [2.24, 2.45) is 0 Å².